The third-order valence-corrected chi connectivity index (χ3v) is 3.75. The molecular formula is C13H16BrFN2O. The fraction of sp³-hybridized carbons (Fsp3) is 0.462. The zero-order valence-electron chi connectivity index (χ0n) is 10.2. The number of carbonyl (C=O) groups excluding carboxylic acids is 1. The molecule has 3 nitrogen and oxygen atoms in total. The second-order valence-corrected chi connectivity index (χ2v) is 5.84. The quantitative estimate of drug-likeness (QED) is 0.894. The summed E-state index contributed by atoms with van der Waals surface area (Å²) in [4.78, 5) is 11.7. The van der Waals surface area contributed by atoms with Gasteiger partial charge in [0.15, 0.2) is 0 Å². The molecule has 0 bridgehead atoms. The van der Waals surface area contributed by atoms with Crippen molar-refractivity contribution in [1.29, 1.82) is 0 Å². The number of halogens is 2. The summed E-state index contributed by atoms with van der Waals surface area (Å²) in [5.74, 6) is -0.370. The van der Waals surface area contributed by atoms with Crippen LogP contribution < -0.4 is 11.1 Å². The Morgan fingerprint density at radius 3 is 2.83 bits per heavy atom. The van der Waals surface area contributed by atoms with Gasteiger partial charge in [0.1, 0.15) is 5.82 Å². The highest BCUT2D eigenvalue weighted by atomic mass is 79.9. The summed E-state index contributed by atoms with van der Waals surface area (Å²) < 4.78 is 13.5. The fourth-order valence-corrected chi connectivity index (χ4v) is 2.23. The smallest absolute Gasteiger partial charge is 0.240 e. The van der Waals surface area contributed by atoms with Gasteiger partial charge in [-0.2, -0.15) is 0 Å². The van der Waals surface area contributed by atoms with E-state index in [2.05, 4.69) is 21.2 Å². The zero-order valence-corrected chi connectivity index (χ0v) is 11.8. The Balaban J connectivity index is 1.92. The molecule has 18 heavy (non-hydrogen) atoms. The van der Waals surface area contributed by atoms with E-state index in [0.717, 1.165) is 18.4 Å². The van der Waals surface area contributed by atoms with Crippen LogP contribution in [0.25, 0.3) is 0 Å². The molecule has 0 radical (unpaired) electrons. The van der Waals surface area contributed by atoms with Crippen molar-refractivity contribution in [1.82, 2.24) is 5.32 Å². The Labute approximate surface area is 114 Å². The van der Waals surface area contributed by atoms with Crippen LogP contribution in [-0.2, 0) is 11.2 Å². The van der Waals surface area contributed by atoms with Crippen molar-refractivity contribution in [2.75, 3.05) is 0 Å². The third kappa shape index (κ3) is 3.09. The van der Waals surface area contributed by atoms with Crippen LogP contribution in [0.5, 0.6) is 0 Å². The molecule has 1 amide bonds. The Kier molecular flexibility index (Phi) is 3.73. The van der Waals surface area contributed by atoms with E-state index in [-0.39, 0.29) is 17.8 Å². The highest BCUT2D eigenvalue weighted by Crippen LogP contribution is 2.32. The highest BCUT2D eigenvalue weighted by Gasteiger charge is 2.46. The van der Waals surface area contributed by atoms with Crippen LogP contribution in [0.15, 0.2) is 22.7 Å². The summed E-state index contributed by atoms with van der Waals surface area (Å²) >= 11 is 3.15. The van der Waals surface area contributed by atoms with Crippen molar-refractivity contribution >= 4 is 21.8 Å². The standard InChI is InChI=1S/C13H16BrFN2O/c1-8(17-12(18)13(16)4-5-13)6-9-2-3-11(15)10(14)7-9/h2-3,7-8H,4-6,16H2,1H3,(H,17,18). The number of rotatable bonds is 4. The van der Waals surface area contributed by atoms with Crippen molar-refractivity contribution in [3.8, 4) is 0 Å². The minimum atomic E-state index is -0.641. The van der Waals surface area contributed by atoms with Crippen molar-refractivity contribution in [3.05, 3.63) is 34.1 Å². The predicted molar refractivity (Wildman–Crippen MR) is 71.6 cm³/mol. The van der Waals surface area contributed by atoms with E-state index in [1.54, 1.807) is 12.1 Å². The number of nitrogens with one attached hydrogen (secondary N) is 1. The first-order valence-corrected chi connectivity index (χ1v) is 6.74. The molecule has 0 spiro atoms. The molecule has 1 saturated carbocycles. The number of nitrogens with two attached hydrogens (primary N) is 1. The molecule has 0 aromatic heterocycles. The summed E-state index contributed by atoms with van der Waals surface area (Å²) in [5.41, 5.74) is 6.14. The lowest BCUT2D eigenvalue weighted by molar-refractivity contribution is -0.123. The first kappa shape index (κ1) is 13.5. The number of carbonyl (C=O) groups is 1. The van der Waals surface area contributed by atoms with Gasteiger partial charge in [-0.1, -0.05) is 6.07 Å². The van der Waals surface area contributed by atoms with Crippen molar-refractivity contribution in [2.24, 2.45) is 5.73 Å². The van der Waals surface area contributed by atoms with Crippen LogP contribution in [0.4, 0.5) is 4.39 Å². The van der Waals surface area contributed by atoms with Gasteiger partial charge in [0, 0.05) is 6.04 Å². The molecule has 3 N–H and O–H groups in total. The molecule has 98 valence electrons. The minimum Gasteiger partial charge on any atom is -0.352 e. The normalized spacial score (nSPS) is 18.2. The van der Waals surface area contributed by atoms with E-state index in [9.17, 15) is 9.18 Å². The van der Waals surface area contributed by atoms with Crippen molar-refractivity contribution < 1.29 is 9.18 Å². The first-order valence-electron chi connectivity index (χ1n) is 5.94. The summed E-state index contributed by atoms with van der Waals surface area (Å²) in [6.07, 6.45) is 2.17. The van der Waals surface area contributed by atoms with Crippen LogP contribution in [0.3, 0.4) is 0 Å². The molecule has 5 heteroatoms. The van der Waals surface area contributed by atoms with E-state index in [1.807, 2.05) is 6.92 Å². The monoisotopic (exact) mass is 314 g/mol. The van der Waals surface area contributed by atoms with E-state index in [0.29, 0.717) is 10.9 Å². The number of amides is 1. The molecule has 1 fully saturated rings. The van der Waals surface area contributed by atoms with Crippen molar-refractivity contribution in [3.63, 3.8) is 0 Å². The van der Waals surface area contributed by atoms with E-state index < -0.39 is 5.54 Å². The average molecular weight is 315 g/mol. The maximum Gasteiger partial charge on any atom is 0.240 e. The van der Waals surface area contributed by atoms with Crippen LogP contribution in [0.2, 0.25) is 0 Å². The first-order chi connectivity index (χ1) is 8.40. The largest absolute Gasteiger partial charge is 0.352 e. The van der Waals surface area contributed by atoms with Gasteiger partial charge in [0.25, 0.3) is 0 Å². The SMILES string of the molecule is CC(Cc1ccc(F)c(Br)c1)NC(=O)C1(N)CC1. The molecule has 0 aliphatic heterocycles. The summed E-state index contributed by atoms with van der Waals surface area (Å²) in [6.45, 7) is 1.92. The molecule has 1 aliphatic rings. The van der Waals surface area contributed by atoms with Gasteiger partial charge in [0.05, 0.1) is 10.0 Å². The summed E-state index contributed by atoms with van der Waals surface area (Å²) in [7, 11) is 0. The molecular weight excluding hydrogens is 299 g/mol. The molecule has 1 aromatic carbocycles. The van der Waals surface area contributed by atoms with Gasteiger partial charge in [-0.15, -0.1) is 0 Å². The van der Waals surface area contributed by atoms with E-state index >= 15 is 0 Å². The Morgan fingerprint density at radius 1 is 1.61 bits per heavy atom. The lowest BCUT2D eigenvalue weighted by Gasteiger charge is -2.17. The zero-order chi connectivity index (χ0) is 13.3. The Bertz CT molecular complexity index is 474. The molecule has 1 aliphatic carbocycles. The van der Waals surface area contributed by atoms with Gasteiger partial charge in [-0.05, 0) is 59.8 Å². The number of benzene rings is 1. The predicted octanol–water partition coefficient (Wildman–Crippen LogP) is 2.13. The topological polar surface area (TPSA) is 55.1 Å². The second kappa shape index (κ2) is 4.97. The molecule has 0 saturated heterocycles. The number of hydrogen-bond donors (Lipinski definition) is 2. The second-order valence-electron chi connectivity index (χ2n) is 4.98. The molecule has 1 aromatic rings. The van der Waals surface area contributed by atoms with E-state index in [1.165, 1.54) is 6.07 Å². The maximum absolute atomic E-state index is 13.1. The van der Waals surface area contributed by atoms with Gasteiger partial charge < -0.3 is 11.1 Å². The van der Waals surface area contributed by atoms with Gasteiger partial charge in [0.2, 0.25) is 5.91 Å². The van der Waals surface area contributed by atoms with Gasteiger partial charge >= 0.3 is 0 Å². The van der Waals surface area contributed by atoms with Crippen LogP contribution >= 0.6 is 15.9 Å². The number of hydrogen-bond acceptors (Lipinski definition) is 2. The highest BCUT2D eigenvalue weighted by molar-refractivity contribution is 9.10. The molecule has 1 unspecified atom stereocenters. The van der Waals surface area contributed by atoms with E-state index in [4.69, 9.17) is 5.73 Å². The summed E-state index contributed by atoms with van der Waals surface area (Å²) in [6, 6.07) is 4.85. The van der Waals surface area contributed by atoms with Crippen molar-refractivity contribution in [2.45, 2.75) is 37.8 Å². The van der Waals surface area contributed by atoms with Crippen LogP contribution in [0.1, 0.15) is 25.3 Å². The van der Waals surface area contributed by atoms with Crippen LogP contribution in [-0.4, -0.2) is 17.5 Å². The molecule has 0 heterocycles. The lowest BCUT2D eigenvalue weighted by atomic mass is 10.1. The maximum atomic E-state index is 13.1. The van der Waals surface area contributed by atoms with Gasteiger partial charge in [-0.25, -0.2) is 4.39 Å². The lowest BCUT2D eigenvalue weighted by Crippen LogP contribution is -2.46. The summed E-state index contributed by atoms with van der Waals surface area (Å²) in [5, 5.41) is 2.89. The van der Waals surface area contributed by atoms with Gasteiger partial charge in [-0.3, -0.25) is 4.79 Å². The molecule has 2 rings (SSSR count). The third-order valence-electron chi connectivity index (χ3n) is 3.14. The average Bonchev–Trinajstić information content (AvgIpc) is 3.03. The Hall–Kier alpha value is -0.940. The minimum absolute atomic E-state index is 0.0177. The van der Waals surface area contributed by atoms with Crippen LogP contribution in [0, 0.1) is 5.82 Å². The fourth-order valence-electron chi connectivity index (χ4n) is 1.80. The Morgan fingerprint density at radius 2 is 2.28 bits per heavy atom. The molecule has 1 atom stereocenters.